The first-order chi connectivity index (χ1) is 6.27. The van der Waals surface area contributed by atoms with Crippen molar-refractivity contribution in [2.24, 2.45) is 0 Å². The molecule has 2 rings (SSSR count). The molecule has 0 aliphatic heterocycles. The van der Waals surface area contributed by atoms with E-state index in [1.807, 2.05) is 17.7 Å². The third-order valence-corrected chi connectivity index (χ3v) is 1.71. The lowest BCUT2D eigenvalue weighted by Crippen LogP contribution is -2.01. The van der Waals surface area contributed by atoms with Crippen LogP contribution in [0.4, 0.5) is 5.82 Å². The molecule has 13 heavy (non-hydrogen) atoms. The molecule has 2 heterocycles. The van der Waals surface area contributed by atoms with Gasteiger partial charge in [-0.15, -0.1) is 0 Å². The van der Waals surface area contributed by atoms with Crippen molar-refractivity contribution < 1.29 is 0 Å². The molecule has 0 amide bonds. The molecule has 0 fully saturated rings. The maximum Gasteiger partial charge on any atom is 0.159 e. The highest BCUT2D eigenvalue weighted by Gasteiger charge is 2.01. The van der Waals surface area contributed by atoms with Crippen LogP contribution in [0.15, 0.2) is 24.8 Å². The summed E-state index contributed by atoms with van der Waals surface area (Å²) in [6.07, 6.45) is 6.68. The lowest BCUT2D eigenvalue weighted by molar-refractivity contribution is 0.922. The topological polar surface area (TPSA) is 69.6 Å². The van der Waals surface area contributed by atoms with Crippen LogP contribution < -0.4 is 5.73 Å². The van der Waals surface area contributed by atoms with E-state index in [0.29, 0.717) is 11.6 Å². The number of nitrogens with two attached hydrogens (primary N) is 1. The van der Waals surface area contributed by atoms with E-state index < -0.39 is 0 Å². The highest BCUT2D eigenvalue weighted by Crippen LogP contribution is 2.06. The Balaban J connectivity index is 2.53. The normalized spacial score (nSPS) is 10.2. The van der Waals surface area contributed by atoms with E-state index in [2.05, 4.69) is 15.0 Å². The van der Waals surface area contributed by atoms with Crippen LogP contribution in [-0.4, -0.2) is 19.5 Å². The first-order valence-electron chi connectivity index (χ1n) is 3.85. The van der Waals surface area contributed by atoms with Crippen molar-refractivity contribution in [3.8, 4) is 5.82 Å². The zero-order chi connectivity index (χ0) is 9.26. The summed E-state index contributed by atoms with van der Waals surface area (Å²) < 4.78 is 1.82. The molecule has 5 heteroatoms. The van der Waals surface area contributed by atoms with Crippen molar-refractivity contribution in [2.75, 3.05) is 5.73 Å². The van der Waals surface area contributed by atoms with Crippen molar-refractivity contribution in [3.05, 3.63) is 30.6 Å². The van der Waals surface area contributed by atoms with Crippen molar-refractivity contribution in [1.82, 2.24) is 19.5 Å². The van der Waals surface area contributed by atoms with Gasteiger partial charge in [-0.05, 0) is 6.92 Å². The van der Waals surface area contributed by atoms with Gasteiger partial charge in [0.05, 0.1) is 12.4 Å². The third kappa shape index (κ3) is 1.35. The number of aryl methyl sites for hydroxylation is 1. The van der Waals surface area contributed by atoms with Gasteiger partial charge < -0.3 is 5.73 Å². The van der Waals surface area contributed by atoms with Crippen LogP contribution in [0.1, 0.15) is 5.82 Å². The van der Waals surface area contributed by atoms with Gasteiger partial charge in [-0.1, -0.05) is 0 Å². The van der Waals surface area contributed by atoms with Gasteiger partial charge in [0.1, 0.15) is 11.6 Å². The van der Waals surface area contributed by atoms with Crippen LogP contribution in [0.25, 0.3) is 5.82 Å². The summed E-state index contributed by atoms with van der Waals surface area (Å²) in [5.41, 5.74) is 5.51. The Kier molecular flexibility index (Phi) is 1.70. The lowest BCUT2D eigenvalue weighted by atomic mass is 10.6. The van der Waals surface area contributed by atoms with Gasteiger partial charge in [-0.2, -0.15) is 0 Å². The summed E-state index contributed by atoms with van der Waals surface area (Å²) in [6.45, 7) is 1.89. The number of hydrogen-bond acceptors (Lipinski definition) is 4. The fraction of sp³-hybridized carbons (Fsp3) is 0.125. The second-order valence-electron chi connectivity index (χ2n) is 2.65. The number of anilines is 1. The minimum atomic E-state index is 0.408. The molecule has 66 valence electrons. The number of nitrogens with zero attached hydrogens (tertiary/aromatic N) is 4. The van der Waals surface area contributed by atoms with E-state index in [4.69, 9.17) is 5.73 Å². The number of imidazole rings is 1. The quantitative estimate of drug-likeness (QED) is 0.687. The zero-order valence-electron chi connectivity index (χ0n) is 7.18. The van der Waals surface area contributed by atoms with Crippen LogP contribution in [-0.2, 0) is 0 Å². The monoisotopic (exact) mass is 175 g/mol. The smallest absolute Gasteiger partial charge is 0.159 e. The second-order valence-corrected chi connectivity index (χ2v) is 2.65. The van der Waals surface area contributed by atoms with E-state index >= 15 is 0 Å². The maximum atomic E-state index is 5.51. The fourth-order valence-corrected chi connectivity index (χ4v) is 1.11. The van der Waals surface area contributed by atoms with Crippen molar-refractivity contribution in [1.29, 1.82) is 0 Å². The molecule has 0 atom stereocenters. The first kappa shape index (κ1) is 7.72. The maximum absolute atomic E-state index is 5.51. The van der Waals surface area contributed by atoms with Gasteiger partial charge in [0.15, 0.2) is 5.82 Å². The molecular formula is C8H9N5. The minimum absolute atomic E-state index is 0.408. The largest absolute Gasteiger partial charge is 0.382 e. The van der Waals surface area contributed by atoms with Crippen molar-refractivity contribution in [3.63, 3.8) is 0 Å². The molecule has 0 aliphatic carbocycles. The summed E-state index contributed by atoms with van der Waals surface area (Å²) in [7, 11) is 0. The highest BCUT2D eigenvalue weighted by molar-refractivity contribution is 5.31. The molecule has 0 aromatic carbocycles. The molecule has 0 bridgehead atoms. The van der Waals surface area contributed by atoms with Crippen LogP contribution in [0.5, 0.6) is 0 Å². The summed E-state index contributed by atoms with van der Waals surface area (Å²) in [4.78, 5) is 12.1. The molecule has 0 saturated heterocycles. The molecule has 0 saturated carbocycles. The molecule has 0 unspecified atom stereocenters. The summed E-state index contributed by atoms with van der Waals surface area (Å²) in [5, 5.41) is 0. The van der Waals surface area contributed by atoms with E-state index in [1.165, 1.54) is 6.20 Å². The Bertz CT molecular complexity index is 420. The number of aromatic nitrogens is 4. The average molecular weight is 175 g/mol. The lowest BCUT2D eigenvalue weighted by Gasteiger charge is -2.02. The third-order valence-electron chi connectivity index (χ3n) is 1.71. The number of hydrogen-bond donors (Lipinski definition) is 1. The van der Waals surface area contributed by atoms with Crippen molar-refractivity contribution in [2.45, 2.75) is 6.92 Å². The number of rotatable bonds is 1. The Hall–Kier alpha value is -1.91. The fourth-order valence-electron chi connectivity index (χ4n) is 1.11. The Morgan fingerprint density at radius 3 is 2.85 bits per heavy atom. The van der Waals surface area contributed by atoms with Crippen LogP contribution in [0.3, 0.4) is 0 Å². The van der Waals surface area contributed by atoms with Gasteiger partial charge in [0.2, 0.25) is 0 Å². The SMILES string of the molecule is Cc1nccn1-c1cncc(N)n1. The zero-order valence-corrected chi connectivity index (χ0v) is 7.18. The standard InChI is InChI=1S/C8H9N5/c1-6-11-2-3-13(6)8-5-10-4-7(9)12-8/h2-5H,1H3,(H2,9,12). The van der Waals surface area contributed by atoms with E-state index in [0.717, 1.165) is 5.82 Å². The van der Waals surface area contributed by atoms with Crippen LogP contribution in [0.2, 0.25) is 0 Å². The second kappa shape index (κ2) is 2.85. The highest BCUT2D eigenvalue weighted by atomic mass is 15.1. The average Bonchev–Trinajstić information content (AvgIpc) is 2.51. The molecule has 2 aromatic rings. The Morgan fingerprint density at radius 1 is 1.38 bits per heavy atom. The van der Waals surface area contributed by atoms with Gasteiger partial charge in [-0.3, -0.25) is 9.55 Å². The first-order valence-corrected chi connectivity index (χ1v) is 3.85. The molecule has 0 spiro atoms. The summed E-state index contributed by atoms with van der Waals surface area (Å²) in [6, 6.07) is 0. The van der Waals surface area contributed by atoms with Gasteiger partial charge >= 0.3 is 0 Å². The van der Waals surface area contributed by atoms with Gasteiger partial charge in [-0.25, -0.2) is 9.97 Å². The predicted octanol–water partition coefficient (Wildman–Crippen LogP) is 0.553. The van der Waals surface area contributed by atoms with E-state index in [9.17, 15) is 0 Å². The van der Waals surface area contributed by atoms with Gasteiger partial charge in [0.25, 0.3) is 0 Å². The molecular weight excluding hydrogens is 166 g/mol. The summed E-state index contributed by atoms with van der Waals surface area (Å²) in [5.74, 6) is 1.96. The van der Waals surface area contributed by atoms with Gasteiger partial charge in [0, 0.05) is 12.4 Å². The van der Waals surface area contributed by atoms with E-state index in [1.54, 1.807) is 12.4 Å². The summed E-state index contributed by atoms with van der Waals surface area (Å²) >= 11 is 0. The molecule has 0 aliphatic rings. The molecule has 2 N–H and O–H groups in total. The van der Waals surface area contributed by atoms with E-state index in [-0.39, 0.29) is 0 Å². The Morgan fingerprint density at radius 2 is 2.23 bits per heavy atom. The molecule has 0 radical (unpaired) electrons. The number of nitrogen functional groups attached to an aromatic ring is 1. The van der Waals surface area contributed by atoms with Crippen molar-refractivity contribution >= 4 is 5.82 Å². The molecule has 5 nitrogen and oxygen atoms in total. The minimum Gasteiger partial charge on any atom is -0.382 e. The predicted molar refractivity (Wildman–Crippen MR) is 48.3 cm³/mol. The van der Waals surface area contributed by atoms with Crippen LogP contribution in [0, 0.1) is 6.92 Å². The van der Waals surface area contributed by atoms with Crippen LogP contribution >= 0.6 is 0 Å². The Labute approximate surface area is 75.3 Å². The molecule has 2 aromatic heterocycles.